The molecule has 2 aromatic heterocycles. The number of nitrogens with zero attached hydrogens (tertiary/aromatic N) is 6. The molecule has 9 nitrogen and oxygen atoms in total. The van der Waals surface area contributed by atoms with E-state index in [9.17, 15) is 4.79 Å². The Morgan fingerprint density at radius 1 is 1.00 bits per heavy atom. The molecule has 38 heavy (non-hydrogen) atoms. The molecule has 6 rings (SSSR count). The van der Waals surface area contributed by atoms with Crippen molar-refractivity contribution in [2.45, 2.75) is 31.3 Å². The number of likely N-dealkylation sites (tertiary alicyclic amines) is 2. The average Bonchev–Trinajstić information content (AvgIpc) is 3.69. The molecule has 2 aliphatic heterocycles. The zero-order chi connectivity index (χ0) is 26.0. The monoisotopic (exact) mass is 529 g/mol. The maximum absolute atomic E-state index is 13.1. The highest BCUT2D eigenvalue weighted by Gasteiger charge is 2.47. The third-order valence-electron chi connectivity index (χ3n) is 7.30. The minimum absolute atomic E-state index is 0.00174. The summed E-state index contributed by atoms with van der Waals surface area (Å²) in [6.07, 6.45) is 8.00. The zero-order valence-electron chi connectivity index (χ0n) is 20.8. The van der Waals surface area contributed by atoms with E-state index in [1.54, 1.807) is 24.7 Å². The van der Waals surface area contributed by atoms with Crippen LogP contribution in [-0.4, -0.2) is 61.0 Å². The van der Waals surface area contributed by atoms with Gasteiger partial charge in [-0.2, -0.15) is 10.2 Å². The van der Waals surface area contributed by atoms with E-state index >= 15 is 0 Å². The van der Waals surface area contributed by atoms with E-state index < -0.39 is 0 Å². The Hall–Kier alpha value is -3.95. The number of anilines is 1. The van der Waals surface area contributed by atoms with E-state index in [0.29, 0.717) is 23.1 Å². The van der Waals surface area contributed by atoms with E-state index in [2.05, 4.69) is 37.5 Å². The maximum atomic E-state index is 13.1. The lowest BCUT2D eigenvalue weighted by molar-refractivity contribution is 0.136. The van der Waals surface area contributed by atoms with Gasteiger partial charge < -0.3 is 15.0 Å². The summed E-state index contributed by atoms with van der Waals surface area (Å²) in [6.45, 7) is 3.28. The fourth-order valence-electron chi connectivity index (χ4n) is 5.41. The number of hydrogen-bond acceptors (Lipinski definition) is 6. The largest absolute Gasteiger partial charge is 0.457 e. The first-order valence-electron chi connectivity index (χ1n) is 12.7. The van der Waals surface area contributed by atoms with Gasteiger partial charge in [0.2, 0.25) is 0 Å². The molecule has 0 saturated carbocycles. The lowest BCUT2D eigenvalue weighted by atomic mass is 9.95. The van der Waals surface area contributed by atoms with E-state index in [1.807, 2.05) is 47.4 Å². The predicted molar refractivity (Wildman–Crippen MR) is 145 cm³/mol. The van der Waals surface area contributed by atoms with Crippen LogP contribution in [0.2, 0.25) is 5.02 Å². The van der Waals surface area contributed by atoms with E-state index in [-0.39, 0.29) is 11.6 Å². The van der Waals surface area contributed by atoms with Crippen LogP contribution in [0.25, 0.3) is 5.82 Å². The van der Waals surface area contributed by atoms with E-state index in [0.717, 1.165) is 50.4 Å². The van der Waals surface area contributed by atoms with Crippen LogP contribution in [0.1, 0.15) is 24.8 Å². The fourth-order valence-corrected chi connectivity index (χ4v) is 5.54. The smallest absolute Gasteiger partial charge is 0.321 e. The Kier molecular flexibility index (Phi) is 6.70. The van der Waals surface area contributed by atoms with Crippen LogP contribution < -0.4 is 10.1 Å². The second kappa shape index (κ2) is 10.4. The number of benzene rings is 2. The highest BCUT2D eigenvalue weighted by atomic mass is 35.5. The number of urea groups is 1. The summed E-state index contributed by atoms with van der Waals surface area (Å²) >= 11 is 5.99. The third kappa shape index (κ3) is 5.20. The molecular formula is C28H28ClN7O2. The summed E-state index contributed by atoms with van der Waals surface area (Å²) in [7, 11) is 0. The zero-order valence-corrected chi connectivity index (χ0v) is 21.6. The van der Waals surface area contributed by atoms with Crippen LogP contribution in [0.15, 0.2) is 79.3 Å². The van der Waals surface area contributed by atoms with Crippen molar-refractivity contribution < 1.29 is 9.53 Å². The molecule has 2 amide bonds. The normalized spacial score (nSPS) is 19.2. The number of pyridine rings is 1. The lowest BCUT2D eigenvalue weighted by Gasteiger charge is -2.35. The third-order valence-corrected chi connectivity index (χ3v) is 7.56. The van der Waals surface area contributed by atoms with Crippen molar-refractivity contribution in [3.05, 3.63) is 89.8 Å². The van der Waals surface area contributed by atoms with Gasteiger partial charge in [-0.15, -0.1) is 4.80 Å². The van der Waals surface area contributed by atoms with Gasteiger partial charge in [0.05, 0.1) is 24.3 Å². The first-order chi connectivity index (χ1) is 18.6. The summed E-state index contributed by atoms with van der Waals surface area (Å²) in [5.41, 5.74) is 1.84. The van der Waals surface area contributed by atoms with Crippen molar-refractivity contribution in [1.29, 1.82) is 0 Å². The van der Waals surface area contributed by atoms with Crippen molar-refractivity contribution in [2.75, 3.05) is 25.0 Å². The Bertz CT molecular complexity index is 1400. The Labute approximate surface area is 226 Å². The molecule has 2 saturated heterocycles. The van der Waals surface area contributed by atoms with E-state index in [1.165, 1.54) is 10.4 Å². The van der Waals surface area contributed by atoms with Crippen LogP contribution in [0, 0.1) is 0 Å². The molecule has 2 fully saturated rings. The average molecular weight is 530 g/mol. The van der Waals surface area contributed by atoms with Gasteiger partial charge in [-0.25, -0.2) is 9.78 Å². The van der Waals surface area contributed by atoms with Gasteiger partial charge in [-0.3, -0.25) is 4.90 Å². The van der Waals surface area contributed by atoms with Crippen molar-refractivity contribution in [3.63, 3.8) is 0 Å². The molecule has 1 spiro atoms. The molecule has 2 aromatic carbocycles. The molecule has 1 unspecified atom stereocenters. The number of carbonyl (C=O) groups is 1. The summed E-state index contributed by atoms with van der Waals surface area (Å²) in [6, 6.07) is 19.1. The Balaban J connectivity index is 1.08. The number of hydrogen-bond donors (Lipinski definition) is 1. The van der Waals surface area contributed by atoms with Gasteiger partial charge in [0.1, 0.15) is 11.5 Å². The first-order valence-corrected chi connectivity index (χ1v) is 13.1. The standard InChI is InChI=1S/C28H28ClN7O2/c29-22-5-8-24(9-6-22)38-25-4-1-3-21(17-25)19-35-15-2-11-28(35)12-16-34(20-28)27(37)33-23-7-10-26(30-18-23)36-31-13-14-32-36/h1,3-10,13-14,17-18H,2,11-12,15-16,19-20H2,(H,33,37). The Morgan fingerprint density at radius 3 is 2.63 bits per heavy atom. The summed E-state index contributed by atoms with van der Waals surface area (Å²) < 4.78 is 6.04. The van der Waals surface area contributed by atoms with E-state index in [4.69, 9.17) is 16.3 Å². The Morgan fingerprint density at radius 2 is 1.84 bits per heavy atom. The first kappa shape index (κ1) is 24.4. The van der Waals surface area contributed by atoms with Crippen LogP contribution in [0.4, 0.5) is 10.5 Å². The van der Waals surface area contributed by atoms with Crippen LogP contribution in [0.3, 0.4) is 0 Å². The van der Waals surface area contributed by atoms with Crippen LogP contribution in [0.5, 0.6) is 11.5 Å². The highest BCUT2D eigenvalue weighted by Crippen LogP contribution is 2.39. The number of rotatable bonds is 6. The molecule has 1 N–H and O–H groups in total. The quantitative estimate of drug-likeness (QED) is 0.361. The predicted octanol–water partition coefficient (Wildman–Crippen LogP) is 5.38. The molecule has 10 heteroatoms. The number of nitrogens with one attached hydrogen (secondary N) is 1. The van der Waals surface area contributed by atoms with Crippen molar-refractivity contribution in [2.24, 2.45) is 0 Å². The highest BCUT2D eigenvalue weighted by molar-refractivity contribution is 6.30. The fraction of sp³-hybridized carbons (Fsp3) is 0.286. The van der Waals surface area contributed by atoms with Gasteiger partial charge in [-0.1, -0.05) is 23.7 Å². The topological polar surface area (TPSA) is 88.4 Å². The number of halogens is 1. The molecule has 1 atom stereocenters. The molecular weight excluding hydrogens is 502 g/mol. The molecule has 4 aromatic rings. The maximum Gasteiger partial charge on any atom is 0.321 e. The molecule has 194 valence electrons. The van der Waals surface area contributed by atoms with Crippen molar-refractivity contribution in [1.82, 2.24) is 29.8 Å². The molecule has 0 radical (unpaired) electrons. The van der Waals surface area contributed by atoms with Crippen molar-refractivity contribution >= 4 is 23.3 Å². The summed E-state index contributed by atoms with van der Waals surface area (Å²) in [4.78, 5) is 23.3. The summed E-state index contributed by atoms with van der Waals surface area (Å²) in [5.74, 6) is 2.15. The number of aromatic nitrogens is 4. The second-order valence-corrected chi connectivity index (χ2v) is 10.2. The van der Waals surface area contributed by atoms with Gasteiger partial charge in [0.15, 0.2) is 5.82 Å². The number of ether oxygens (including phenoxy) is 1. The van der Waals surface area contributed by atoms with Crippen LogP contribution in [-0.2, 0) is 6.54 Å². The lowest BCUT2D eigenvalue weighted by Crippen LogP contribution is -2.46. The molecule has 4 heterocycles. The van der Waals surface area contributed by atoms with Crippen molar-refractivity contribution in [3.8, 4) is 17.3 Å². The molecule has 0 aliphatic carbocycles. The number of amides is 2. The SMILES string of the molecule is O=C(Nc1ccc(-n2nccn2)nc1)N1CCC2(CCCN2Cc2cccc(Oc3ccc(Cl)cc3)c2)C1. The van der Waals surface area contributed by atoms with Gasteiger partial charge in [-0.05, 0) is 79.9 Å². The minimum atomic E-state index is -0.0983. The van der Waals surface area contributed by atoms with Gasteiger partial charge in [0, 0.05) is 30.2 Å². The second-order valence-electron chi connectivity index (χ2n) is 9.78. The molecule has 2 aliphatic rings. The molecule has 0 bridgehead atoms. The van der Waals surface area contributed by atoms with Gasteiger partial charge >= 0.3 is 6.03 Å². The number of carbonyl (C=O) groups excluding carboxylic acids is 1. The van der Waals surface area contributed by atoms with Crippen LogP contribution >= 0.6 is 11.6 Å². The van der Waals surface area contributed by atoms with Gasteiger partial charge in [0.25, 0.3) is 0 Å². The summed E-state index contributed by atoms with van der Waals surface area (Å²) in [5, 5.41) is 11.8. The minimum Gasteiger partial charge on any atom is -0.457 e.